The molecule has 1 aliphatic heterocycles. The van der Waals surface area contributed by atoms with Gasteiger partial charge >= 0.3 is 5.43 Å². The Balaban J connectivity index is 2.41. The number of hydrogen-bond donors (Lipinski definition) is 1. The Kier molecular flexibility index (Phi) is 4.53. The van der Waals surface area contributed by atoms with Crippen molar-refractivity contribution in [3.8, 4) is 0 Å². The van der Waals surface area contributed by atoms with Crippen molar-refractivity contribution in [2.24, 2.45) is 5.92 Å². The average molecular weight is 206 g/mol. The first-order valence-corrected chi connectivity index (χ1v) is 5.18. The second-order valence-corrected chi connectivity index (χ2v) is 3.74. The molecule has 13 heavy (non-hydrogen) atoms. The Labute approximate surface area is 83.8 Å². The highest BCUT2D eigenvalue weighted by Gasteiger charge is 2.26. The molecule has 2 unspecified atom stereocenters. The zero-order valence-electron chi connectivity index (χ0n) is 7.88. The van der Waals surface area contributed by atoms with Crippen LogP contribution in [0.4, 0.5) is 4.79 Å². The molecule has 0 aliphatic carbocycles. The first kappa shape index (κ1) is 10.8. The predicted molar refractivity (Wildman–Crippen MR) is 52.0 cm³/mol. The van der Waals surface area contributed by atoms with Gasteiger partial charge in [-0.3, -0.25) is 0 Å². The quantitative estimate of drug-likeness (QED) is 0.718. The van der Waals surface area contributed by atoms with Crippen molar-refractivity contribution < 1.29 is 9.53 Å². The second kappa shape index (κ2) is 5.45. The minimum absolute atomic E-state index is 0.0290. The Hall–Kier alpha value is -0.280. The van der Waals surface area contributed by atoms with Gasteiger partial charge in [-0.1, -0.05) is 13.3 Å². The van der Waals surface area contributed by atoms with Gasteiger partial charge in [0.1, 0.15) is 6.10 Å². The molecule has 0 aromatic rings. The topological polar surface area (TPSA) is 38.3 Å². The summed E-state index contributed by atoms with van der Waals surface area (Å²) in [6.07, 6.45) is 3.28. The van der Waals surface area contributed by atoms with Crippen molar-refractivity contribution in [2.75, 3.05) is 13.1 Å². The van der Waals surface area contributed by atoms with Gasteiger partial charge in [0.05, 0.1) is 0 Å². The molecule has 1 N–H and O–H groups in total. The lowest BCUT2D eigenvalue weighted by atomic mass is 9.91. The van der Waals surface area contributed by atoms with Gasteiger partial charge in [0.2, 0.25) is 0 Å². The third-order valence-electron chi connectivity index (χ3n) is 2.47. The molecule has 0 spiro atoms. The molecule has 1 rings (SSSR count). The molecule has 1 heterocycles. The van der Waals surface area contributed by atoms with E-state index in [0.717, 1.165) is 32.4 Å². The Morgan fingerprint density at radius 3 is 3.08 bits per heavy atom. The normalized spacial score (nSPS) is 28.5. The molecule has 0 bridgehead atoms. The first-order valence-electron chi connectivity index (χ1n) is 4.81. The van der Waals surface area contributed by atoms with Gasteiger partial charge in [0.25, 0.3) is 0 Å². The van der Waals surface area contributed by atoms with Crippen LogP contribution in [0.1, 0.15) is 26.2 Å². The fourth-order valence-electron chi connectivity index (χ4n) is 1.84. The van der Waals surface area contributed by atoms with E-state index >= 15 is 0 Å². The Morgan fingerprint density at radius 2 is 2.46 bits per heavy atom. The van der Waals surface area contributed by atoms with Gasteiger partial charge in [-0.2, -0.15) is 0 Å². The van der Waals surface area contributed by atoms with Crippen LogP contribution >= 0.6 is 11.6 Å². The lowest BCUT2D eigenvalue weighted by Gasteiger charge is -2.30. The molecular formula is C9H16ClNO2. The predicted octanol–water partition coefficient (Wildman–Crippen LogP) is 2.14. The number of halogens is 1. The van der Waals surface area contributed by atoms with Crippen LogP contribution in [0.25, 0.3) is 0 Å². The van der Waals surface area contributed by atoms with Gasteiger partial charge < -0.3 is 10.1 Å². The van der Waals surface area contributed by atoms with E-state index < -0.39 is 5.43 Å². The first-order chi connectivity index (χ1) is 6.24. The van der Waals surface area contributed by atoms with Crippen molar-refractivity contribution >= 4 is 17.0 Å². The Morgan fingerprint density at radius 1 is 1.69 bits per heavy atom. The standard InChI is InChI=1S/C9H16ClNO2/c1-2-3-7-4-5-11-6-8(7)13-9(10)12/h7-8,11H,2-6H2,1H3. The average Bonchev–Trinajstić information content (AvgIpc) is 2.08. The SMILES string of the molecule is CCCC1CCNCC1OC(=O)Cl. The van der Waals surface area contributed by atoms with Crippen molar-refractivity contribution in [2.45, 2.75) is 32.3 Å². The van der Waals surface area contributed by atoms with Crippen LogP contribution in [0.2, 0.25) is 0 Å². The molecule has 4 heteroatoms. The zero-order chi connectivity index (χ0) is 9.68. The van der Waals surface area contributed by atoms with Crippen molar-refractivity contribution in [1.82, 2.24) is 5.32 Å². The lowest BCUT2D eigenvalue weighted by molar-refractivity contribution is 0.0583. The highest BCUT2D eigenvalue weighted by atomic mass is 35.5. The molecule has 1 saturated heterocycles. The van der Waals surface area contributed by atoms with Gasteiger partial charge in [0.15, 0.2) is 0 Å². The highest BCUT2D eigenvalue weighted by molar-refractivity contribution is 6.61. The van der Waals surface area contributed by atoms with Gasteiger partial charge in [0, 0.05) is 18.1 Å². The molecule has 0 radical (unpaired) electrons. The second-order valence-electron chi connectivity index (χ2n) is 3.44. The number of piperidine rings is 1. The fraction of sp³-hybridized carbons (Fsp3) is 0.889. The van der Waals surface area contributed by atoms with Crippen LogP contribution in [0.15, 0.2) is 0 Å². The van der Waals surface area contributed by atoms with Crippen molar-refractivity contribution in [3.63, 3.8) is 0 Å². The summed E-state index contributed by atoms with van der Waals surface area (Å²) in [5.41, 5.74) is -0.685. The zero-order valence-corrected chi connectivity index (χ0v) is 8.64. The molecule has 1 aliphatic rings. The van der Waals surface area contributed by atoms with E-state index in [4.69, 9.17) is 16.3 Å². The van der Waals surface area contributed by atoms with Gasteiger partial charge in [-0.15, -0.1) is 0 Å². The van der Waals surface area contributed by atoms with Gasteiger partial charge in [-0.25, -0.2) is 4.79 Å². The van der Waals surface area contributed by atoms with Crippen LogP contribution < -0.4 is 5.32 Å². The molecule has 1 fully saturated rings. The summed E-state index contributed by atoms with van der Waals surface area (Å²) in [7, 11) is 0. The van der Waals surface area contributed by atoms with E-state index in [1.165, 1.54) is 0 Å². The maximum absolute atomic E-state index is 10.6. The number of carbonyl (C=O) groups excluding carboxylic acids is 1. The van der Waals surface area contributed by atoms with Crippen LogP contribution in [0, 0.1) is 5.92 Å². The van der Waals surface area contributed by atoms with Crippen molar-refractivity contribution in [3.05, 3.63) is 0 Å². The highest BCUT2D eigenvalue weighted by Crippen LogP contribution is 2.21. The molecule has 76 valence electrons. The van der Waals surface area contributed by atoms with E-state index in [2.05, 4.69) is 12.2 Å². The number of hydrogen-bond acceptors (Lipinski definition) is 3. The smallest absolute Gasteiger partial charge is 0.404 e. The summed E-state index contributed by atoms with van der Waals surface area (Å²) in [6.45, 7) is 3.89. The maximum Gasteiger partial charge on any atom is 0.404 e. The van der Waals surface area contributed by atoms with E-state index in [9.17, 15) is 4.79 Å². The minimum atomic E-state index is -0.685. The molecule has 3 nitrogen and oxygen atoms in total. The molecular weight excluding hydrogens is 190 g/mol. The largest absolute Gasteiger partial charge is 0.449 e. The number of rotatable bonds is 3. The van der Waals surface area contributed by atoms with E-state index in [1.807, 2.05) is 0 Å². The summed E-state index contributed by atoms with van der Waals surface area (Å²) in [4.78, 5) is 10.6. The lowest BCUT2D eigenvalue weighted by Crippen LogP contribution is -2.42. The van der Waals surface area contributed by atoms with Crippen LogP contribution in [0.5, 0.6) is 0 Å². The fourth-order valence-corrected chi connectivity index (χ4v) is 1.96. The summed E-state index contributed by atoms with van der Waals surface area (Å²) >= 11 is 5.19. The summed E-state index contributed by atoms with van der Waals surface area (Å²) in [5.74, 6) is 0.481. The molecule has 0 amide bonds. The van der Waals surface area contributed by atoms with Crippen LogP contribution in [-0.4, -0.2) is 24.6 Å². The summed E-state index contributed by atoms with van der Waals surface area (Å²) in [6, 6.07) is 0. The molecule has 2 atom stereocenters. The van der Waals surface area contributed by atoms with E-state index in [0.29, 0.717) is 5.92 Å². The molecule has 0 aromatic carbocycles. The monoisotopic (exact) mass is 205 g/mol. The maximum atomic E-state index is 10.6. The van der Waals surface area contributed by atoms with E-state index in [-0.39, 0.29) is 6.10 Å². The molecule has 0 aromatic heterocycles. The number of nitrogens with one attached hydrogen (secondary N) is 1. The van der Waals surface area contributed by atoms with Crippen LogP contribution in [-0.2, 0) is 4.74 Å². The summed E-state index contributed by atoms with van der Waals surface area (Å²) < 4.78 is 5.02. The summed E-state index contributed by atoms with van der Waals surface area (Å²) in [5, 5.41) is 3.19. The third-order valence-corrected chi connectivity index (χ3v) is 2.56. The third kappa shape index (κ3) is 3.53. The van der Waals surface area contributed by atoms with Crippen molar-refractivity contribution in [1.29, 1.82) is 0 Å². The van der Waals surface area contributed by atoms with Gasteiger partial charge in [-0.05, 0) is 25.3 Å². The minimum Gasteiger partial charge on any atom is -0.449 e. The molecule has 0 saturated carbocycles. The Bertz CT molecular complexity index is 173. The van der Waals surface area contributed by atoms with Crippen LogP contribution in [0.3, 0.4) is 0 Å². The number of carbonyl (C=O) groups is 1. The number of ether oxygens (including phenoxy) is 1. The van der Waals surface area contributed by atoms with E-state index in [1.54, 1.807) is 0 Å².